The largest absolute Gasteiger partial charge is 0.493 e. The monoisotopic (exact) mass is 335 g/mol. The van der Waals surface area contributed by atoms with E-state index in [0.29, 0.717) is 0 Å². The first-order valence-electron chi connectivity index (χ1n) is 9.07. The van der Waals surface area contributed by atoms with Crippen LogP contribution >= 0.6 is 0 Å². The molecule has 4 nitrogen and oxygen atoms in total. The summed E-state index contributed by atoms with van der Waals surface area (Å²) in [4.78, 5) is 12.6. The molecule has 0 saturated carbocycles. The van der Waals surface area contributed by atoms with Gasteiger partial charge in [-0.25, -0.2) is 0 Å². The minimum atomic E-state index is -0.792. The molecular weight excluding hydrogens is 302 g/mol. The smallest absolute Gasteiger partial charge is 0.256 e. The zero-order chi connectivity index (χ0) is 18.0. The summed E-state index contributed by atoms with van der Waals surface area (Å²) >= 11 is 0. The van der Waals surface area contributed by atoms with Gasteiger partial charge in [0.25, 0.3) is 5.91 Å². The summed E-state index contributed by atoms with van der Waals surface area (Å²) < 4.78 is 11.3. The fourth-order valence-corrected chi connectivity index (χ4v) is 2.50. The maximum atomic E-state index is 12.6. The van der Waals surface area contributed by atoms with Gasteiger partial charge in [0.05, 0.1) is 6.61 Å². The highest BCUT2D eigenvalue weighted by Gasteiger charge is 2.32. The van der Waals surface area contributed by atoms with Crippen molar-refractivity contribution in [2.45, 2.75) is 71.8 Å². The summed E-state index contributed by atoms with van der Waals surface area (Å²) in [5, 5.41) is 2.98. The number of nitrogens with one attached hydrogen (secondary N) is 1. The van der Waals surface area contributed by atoms with E-state index >= 15 is 0 Å². The van der Waals surface area contributed by atoms with Gasteiger partial charge in [0, 0.05) is 12.8 Å². The summed E-state index contributed by atoms with van der Waals surface area (Å²) in [7, 11) is 1.60. The first kappa shape index (κ1) is 20.5. The number of benzene rings is 1. The van der Waals surface area contributed by atoms with Crippen LogP contribution in [0.4, 0.5) is 5.69 Å². The first-order chi connectivity index (χ1) is 11.5. The van der Waals surface area contributed by atoms with Gasteiger partial charge in [-0.3, -0.25) is 4.79 Å². The zero-order valence-corrected chi connectivity index (χ0v) is 15.9. The predicted molar refractivity (Wildman–Crippen MR) is 99.8 cm³/mol. The molecule has 0 radical (unpaired) electrons. The molecule has 1 N–H and O–H groups in total. The van der Waals surface area contributed by atoms with Crippen molar-refractivity contribution in [3.63, 3.8) is 0 Å². The average Bonchev–Trinajstić information content (AvgIpc) is 2.57. The number of carbonyl (C=O) groups is 1. The lowest BCUT2D eigenvalue weighted by Crippen LogP contribution is -2.41. The van der Waals surface area contributed by atoms with E-state index in [9.17, 15) is 4.79 Å². The number of rotatable bonds is 11. The lowest BCUT2D eigenvalue weighted by atomic mass is 9.97. The van der Waals surface area contributed by atoms with Gasteiger partial charge < -0.3 is 14.8 Å². The number of methoxy groups -OCH3 is 1. The third-order valence-corrected chi connectivity index (χ3v) is 4.38. The molecule has 24 heavy (non-hydrogen) atoms. The van der Waals surface area contributed by atoms with Crippen molar-refractivity contribution in [3.05, 3.63) is 23.8 Å². The SMILES string of the molecule is CCCCC[C@](C)(OC)C(=O)Nc1ccc(OCCCC)c(C)c1. The van der Waals surface area contributed by atoms with E-state index in [-0.39, 0.29) is 5.91 Å². The maximum absolute atomic E-state index is 12.6. The molecule has 0 aliphatic carbocycles. The van der Waals surface area contributed by atoms with Crippen LogP contribution in [0.25, 0.3) is 0 Å². The highest BCUT2D eigenvalue weighted by atomic mass is 16.5. The predicted octanol–water partition coefficient (Wildman–Crippen LogP) is 5.10. The Morgan fingerprint density at radius 2 is 1.88 bits per heavy atom. The van der Waals surface area contributed by atoms with Gasteiger partial charge in [-0.15, -0.1) is 0 Å². The first-order valence-corrected chi connectivity index (χ1v) is 9.07. The van der Waals surface area contributed by atoms with Crippen LogP contribution in [0.5, 0.6) is 5.75 Å². The lowest BCUT2D eigenvalue weighted by Gasteiger charge is -2.27. The molecular formula is C20H33NO3. The molecule has 4 heteroatoms. The minimum Gasteiger partial charge on any atom is -0.493 e. The van der Waals surface area contributed by atoms with Crippen LogP contribution in [0, 0.1) is 6.92 Å². The van der Waals surface area contributed by atoms with Crippen molar-refractivity contribution in [2.24, 2.45) is 0 Å². The fraction of sp³-hybridized carbons (Fsp3) is 0.650. The maximum Gasteiger partial charge on any atom is 0.256 e. The number of hydrogen-bond donors (Lipinski definition) is 1. The molecule has 1 amide bonds. The van der Waals surface area contributed by atoms with Crippen molar-refractivity contribution >= 4 is 11.6 Å². The Kier molecular flexibility index (Phi) is 8.83. The third-order valence-electron chi connectivity index (χ3n) is 4.38. The molecule has 1 rings (SSSR count). The van der Waals surface area contributed by atoms with Crippen LogP contribution in [0.2, 0.25) is 0 Å². The zero-order valence-electron chi connectivity index (χ0n) is 15.9. The molecule has 0 aliphatic rings. The van der Waals surface area contributed by atoms with Crippen molar-refractivity contribution in [2.75, 3.05) is 19.0 Å². The summed E-state index contributed by atoms with van der Waals surface area (Å²) in [6, 6.07) is 5.75. The number of unbranched alkanes of at least 4 members (excludes halogenated alkanes) is 3. The molecule has 0 saturated heterocycles. The Morgan fingerprint density at radius 1 is 1.17 bits per heavy atom. The standard InChI is InChI=1S/C20H33NO3/c1-6-8-10-13-20(4,23-5)19(22)21-17-11-12-18(16(3)15-17)24-14-9-7-2/h11-12,15H,6-10,13-14H2,1-5H3,(H,21,22)/t20-/m0/s1. The Hall–Kier alpha value is -1.55. The highest BCUT2D eigenvalue weighted by molar-refractivity contribution is 5.97. The van der Waals surface area contributed by atoms with Crippen LogP contribution in [0.15, 0.2) is 18.2 Å². The van der Waals surface area contributed by atoms with E-state index in [0.717, 1.165) is 62.1 Å². The van der Waals surface area contributed by atoms with E-state index in [2.05, 4.69) is 19.2 Å². The second-order valence-corrected chi connectivity index (χ2v) is 6.53. The molecule has 1 aromatic rings. The summed E-state index contributed by atoms with van der Waals surface area (Å²) in [6.45, 7) is 8.86. The Balaban J connectivity index is 2.69. The van der Waals surface area contributed by atoms with Crippen molar-refractivity contribution in [1.29, 1.82) is 0 Å². The molecule has 0 spiro atoms. The number of ether oxygens (including phenoxy) is 2. The normalized spacial score (nSPS) is 13.4. The molecule has 0 heterocycles. The van der Waals surface area contributed by atoms with E-state index in [4.69, 9.17) is 9.47 Å². The topological polar surface area (TPSA) is 47.6 Å². The third kappa shape index (κ3) is 6.16. The van der Waals surface area contributed by atoms with Crippen LogP contribution in [0.1, 0.15) is 64.9 Å². The Morgan fingerprint density at radius 3 is 2.46 bits per heavy atom. The van der Waals surface area contributed by atoms with Crippen LogP contribution in [-0.4, -0.2) is 25.2 Å². The quantitative estimate of drug-likeness (QED) is 0.572. The van der Waals surface area contributed by atoms with Crippen molar-refractivity contribution in [1.82, 2.24) is 0 Å². The highest BCUT2D eigenvalue weighted by Crippen LogP contribution is 2.25. The molecule has 0 bridgehead atoms. The number of anilines is 1. The fourth-order valence-electron chi connectivity index (χ4n) is 2.50. The van der Waals surface area contributed by atoms with E-state index in [1.54, 1.807) is 7.11 Å². The molecule has 0 aliphatic heterocycles. The van der Waals surface area contributed by atoms with Crippen molar-refractivity contribution < 1.29 is 14.3 Å². The Labute approximate surface area is 146 Å². The Bertz CT molecular complexity index is 516. The van der Waals surface area contributed by atoms with Crippen LogP contribution in [-0.2, 0) is 9.53 Å². The van der Waals surface area contributed by atoms with Gasteiger partial charge in [-0.2, -0.15) is 0 Å². The van der Waals surface area contributed by atoms with Gasteiger partial charge >= 0.3 is 0 Å². The van der Waals surface area contributed by atoms with Gasteiger partial charge in [0.2, 0.25) is 0 Å². The summed E-state index contributed by atoms with van der Waals surface area (Å²) in [5.41, 5.74) is 1.01. The van der Waals surface area contributed by atoms with Gasteiger partial charge in [0.15, 0.2) is 0 Å². The van der Waals surface area contributed by atoms with Gasteiger partial charge in [-0.1, -0.05) is 39.5 Å². The summed E-state index contributed by atoms with van der Waals surface area (Å²) in [6.07, 6.45) is 6.09. The van der Waals surface area contributed by atoms with Crippen LogP contribution < -0.4 is 10.1 Å². The van der Waals surface area contributed by atoms with Gasteiger partial charge in [-0.05, 0) is 50.5 Å². The second kappa shape index (κ2) is 10.3. The van der Waals surface area contributed by atoms with Gasteiger partial charge in [0.1, 0.15) is 11.4 Å². The molecule has 0 fully saturated rings. The second-order valence-electron chi connectivity index (χ2n) is 6.53. The van der Waals surface area contributed by atoms with Crippen molar-refractivity contribution in [3.8, 4) is 5.75 Å². The number of aryl methyl sites for hydroxylation is 1. The lowest BCUT2D eigenvalue weighted by molar-refractivity contribution is -0.136. The average molecular weight is 335 g/mol. The molecule has 1 aromatic carbocycles. The molecule has 136 valence electrons. The minimum absolute atomic E-state index is 0.0971. The van der Waals surface area contributed by atoms with E-state index in [1.807, 2.05) is 32.0 Å². The molecule has 0 unspecified atom stereocenters. The molecule has 1 atom stereocenters. The number of hydrogen-bond acceptors (Lipinski definition) is 3. The van der Waals surface area contributed by atoms with E-state index < -0.39 is 5.60 Å². The molecule has 0 aromatic heterocycles. The summed E-state index contributed by atoms with van der Waals surface area (Å²) in [5.74, 6) is 0.777. The van der Waals surface area contributed by atoms with E-state index in [1.165, 1.54) is 0 Å². The van der Waals surface area contributed by atoms with Crippen LogP contribution in [0.3, 0.4) is 0 Å². The number of amides is 1. The number of carbonyl (C=O) groups excluding carboxylic acids is 1.